The number of nitrogens with one attached hydrogen (secondary N) is 1. The second kappa shape index (κ2) is 6.56. The summed E-state index contributed by atoms with van der Waals surface area (Å²) in [4.78, 5) is 28.1. The number of hydrogen-bond donors (Lipinski definition) is 2. The molecule has 0 aliphatic carbocycles. The number of ether oxygens (including phenoxy) is 2. The van der Waals surface area contributed by atoms with Crippen molar-refractivity contribution in [3.63, 3.8) is 0 Å². The summed E-state index contributed by atoms with van der Waals surface area (Å²) < 4.78 is 12.0. The number of carbonyl (C=O) groups excluding carboxylic acids is 2. The molecule has 8 heteroatoms. The van der Waals surface area contributed by atoms with Crippen molar-refractivity contribution < 1.29 is 24.2 Å². The van der Waals surface area contributed by atoms with Gasteiger partial charge in [-0.15, -0.1) is 0 Å². The Kier molecular flexibility index (Phi) is 4.45. The van der Waals surface area contributed by atoms with Gasteiger partial charge in [0.1, 0.15) is 0 Å². The lowest BCUT2D eigenvalue weighted by molar-refractivity contribution is -0.222. The number of aromatic nitrogens is 2. The summed E-state index contributed by atoms with van der Waals surface area (Å²) in [5, 5.41) is 11.8. The summed E-state index contributed by atoms with van der Waals surface area (Å²) in [6.45, 7) is 3.79. The molecule has 1 aliphatic rings. The number of esters is 2. The summed E-state index contributed by atoms with van der Waals surface area (Å²) in [6.07, 6.45) is 3.63. The van der Waals surface area contributed by atoms with Crippen molar-refractivity contribution in [1.29, 1.82) is 0 Å². The molecule has 0 atom stereocenters. The Bertz CT molecular complexity index is 831. The molecule has 2 N–H and O–H groups in total. The molecule has 0 unspecified atom stereocenters. The van der Waals surface area contributed by atoms with Crippen molar-refractivity contribution in [3.8, 4) is 0 Å². The molecule has 0 spiro atoms. The van der Waals surface area contributed by atoms with E-state index in [4.69, 9.17) is 14.6 Å². The van der Waals surface area contributed by atoms with E-state index in [0.717, 1.165) is 11.0 Å². The Morgan fingerprint density at radius 2 is 2.00 bits per heavy atom. The predicted molar refractivity (Wildman–Crippen MR) is 89.4 cm³/mol. The number of nitrogens with zero attached hydrogens (tertiary/aromatic N) is 2. The SMILES string of the molecule is CC1(C)OC(=O)C(=CNc2ccc3c(c2)ncn3CCCO)C(=O)O1. The average Bonchev–Trinajstić information content (AvgIpc) is 2.93. The van der Waals surface area contributed by atoms with Crippen LogP contribution in [-0.2, 0) is 25.6 Å². The van der Waals surface area contributed by atoms with Crippen molar-refractivity contribution in [3.05, 3.63) is 36.3 Å². The van der Waals surface area contributed by atoms with E-state index in [1.165, 1.54) is 20.0 Å². The molecule has 0 amide bonds. The quantitative estimate of drug-likeness (QED) is 0.481. The van der Waals surface area contributed by atoms with Gasteiger partial charge < -0.3 is 24.5 Å². The van der Waals surface area contributed by atoms with Crippen LogP contribution in [0.4, 0.5) is 5.69 Å². The molecule has 0 radical (unpaired) electrons. The Morgan fingerprint density at radius 3 is 2.68 bits per heavy atom. The fourth-order valence-corrected chi connectivity index (χ4v) is 2.51. The zero-order chi connectivity index (χ0) is 18.0. The maximum absolute atomic E-state index is 11.9. The van der Waals surface area contributed by atoms with E-state index >= 15 is 0 Å². The highest BCUT2D eigenvalue weighted by Crippen LogP contribution is 2.23. The van der Waals surface area contributed by atoms with Crippen LogP contribution in [0.3, 0.4) is 0 Å². The molecule has 132 valence electrons. The Morgan fingerprint density at radius 1 is 1.28 bits per heavy atom. The number of benzene rings is 1. The number of cyclic esters (lactones) is 2. The maximum Gasteiger partial charge on any atom is 0.350 e. The minimum atomic E-state index is -1.26. The fourth-order valence-electron chi connectivity index (χ4n) is 2.51. The van der Waals surface area contributed by atoms with Gasteiger partial charge in [0.15, 0.2) is 5.57 Å². The van der Waals surface area contributed by atoms with Crippen LogP contribution in [0.5, 0.6) is 0 Å². The third kappa shape index (κ3) is 3.63. The lowest BCUT2D eigenvalue weighted by atomic mass is 10.2. The van der Waals surface area contributed by atoms with Crippen LogP contribution in [0.2, 0.25) is 0 Å². The first-order valence-corrected chi connectivity index (χ1v) is 7.89. The third-order valence-corrected chi connectivity index (χ3v) is 3.68. The van der Waals surface area contributed by atoms with Gasteiger partial charge in [0, 0.05) is 38.9 Å². The van der Waals surface area contributed by atoms with Gasteiger partial charge >= 0.3 is 11.9 Å². The first-order chi connectivity index (χ1) is 11.9. The fraction of sp³-hybridized carbons (Fsp3) is 0.353. The van der Waals surface area contributed by atoms with E-state index in [9.17, 15) is 9.59 Å². The van der Waals surface area contributed by atoms with Gasteiger partial charge in [-0.3, -0.25) is 0 Å². The second-order valence-corrected chi connectivity index (χ2v) is 6.10. The van der Waals surface area contributed by atoms with Crippen LogP contribution in [0, 0.1) is 0 Å². The molecular formula is C17H19N3O5. The molecule has 1 fully saturated rings. The van der Waals surface area contributed by atoms with Crippen LogP contribution >= 0.6 is 0 Å². The molecule has 0 saturated carbocycles. The second-order valence-electron chi connectivity index (χ2n) is 6.10. The summed E-state index contributed by atoms with van der Waals surface area (Å²) in [5.74, 6) is -2.72. The number of rotatable bonds is 5. The molecule has 8 nitrogen and oxygen atoms in total. The van der Waals surface area contributed by atoms with E-state index in [2.05, 4.69) is 10.3 Å². The van der Waals surface area contributed by atoms with Gasteiger partial charge in [-0.05, 0) is 24.6 Å². The van der Waals surface area contributed by atoms with Gasteiger partial charge in [-0.25, -0.2) is 14.6 Å². The normalized spacial score (nSPS) is 16.5. The molecule has 2 aromatic rings. The number of aryl methyl sites for hydroxylation is 1. The smallest absolute Gasteiger partial charge is 0.350 e. The van der Waals surface area contributed by atoms with Crippen molar-refractivity contribution >= 4 is 28.7 Å². The van der Waals surface area contributed by atoms with E-state index in [0.29, 0.717) is 18.7 Å². The minimum absolute atomic E-state index is 0.121. The first kappa shape index (κ1) is 17.0. The Labute approximate surface area is 144 Å². The number of hydrogen-bond acceptors (Lipinski definition) is 7. The summed E-state index contributed by atoms with van der Waals surface area (Å²) >= 11 is 0. The summed E-state index contributed by atoms with van der Waals surface area (Å²) in [5.41, 5.74) is 2.16. The maximum atomic E-state index is 11.9. The molecular weight excluding hydrogens is 326 g/mol. The van der Waals surface area contributed by atoms with Gasteiger partial charge in [-0.1, -0.05) is 0 Å². The molecule has 0 bridgehead atoms. The molecule has 2 heterocycles. The van der Waals surface area contributed by atoms with Crippen LogP contribution in [-0.4, -0.2) is 39.0 Å². The highest BCUT2D eigenvalue weighted by atomic mass is 16.7. The lowest BCUT2D eigenvalue weighted by Gasteiger charge is -2.29. The van der Waals surface area contributed by atoms with Gasteiger partial charge in [0.25, 0.3) is 5.79 Å². The van der Waals surface area contributed by atoms with Crippen LogP contribution in [0.1, 0.15) is 20.3 Å². The number of imidazole rings is 1. The molecule has 25 heavy (non-hydrogen) atoms. The van der Waals surface area contributed by atoms with Crippen molar-refractivity contribution in [2.24, 2.45) is 0 Å². The number of aliphatic hydroxyl groups excluding tert-OH is 1. The molecule has 3 rings (SSSR count). The standard InChI is InChI=1S/C17H19N3O5/c1-17(2)24-15(22)12(16(23)25-17)9-18-11-4-5-14-13(8-11)19-10-20(14)6-3-7-21/h4-5,8-10,18,21H,3,6-7H2,1-2H3. The Hall–Kier alpha value is -2.87. The average molecular weight is 345 g/mol. The largest absolute Gasteiger partial charge is 0.419 e. The highest BCUT2D eigenvalue weighted by Gasteiger charge is 2.38. The first-order valence-electron chi connectivity index (χ1n) is 7.89. The van der Waals surface area contributed by atoms with E-state index < -0.39 is 17.7 Å². The van der Waals surface area contributed by atoms with Crippen LogP contribution < -0.4 is 5.32 Å². The van der Waals surface area contributed by atoms with Crippen molar-refractivity contribution in [1.82, 2.24) is 9.55 Å². The van der Waals surface area contributed by atoms with E-state index in [-0.39, 0.29) is 12.2 Å². The van der Waals surface area contributed by atoms with Gasteiger partial charge in [0.2, 0.25) is 0 Å². The number of aliphatic hydroxyl groups is 1. The van der Waals surface area contributed by atoms with Crippen LogP contribution in [0.25, 0.3) is 11.0 Å². The van der Waals surface area contributed by atoms with Gasteiger partial charge in [-0.2, -0.15) is 0 Å². The number of carbonyl (C=O) groups is 2. The van der Waals surface area contributed by atoms with Gasteiger partial charge in [0.05, 0.1) is 17.4 Å². The van der Waals surface area contributed by atoms with Crippen molar-refractivity contribution in [2.75, 3.05) is 11.9 Å². The Balaban J connectivity index is 1.77. The zero-order valence-electron chi connectivity index (χ0n) is 14.0. The minimum Gasteiger partial charge on any atom is -0.419 e. The molecule has 1 aromatic carbocycles. The summed E-state index contributed by atoms with van der Waals surface area (Å²) in [6, 6.07) is 5.48. The third-order valence-electron chi connectivity index (χ3n) is 3.68. The number of anilines is 1. The van der Waals surface area contributed by atoms with Crippen LogP contribution in [0.15, 0.2) is 36.3 Å². The monoisotopic (exact) mass is 345 g/mol. The topological polar surface area (TPSA) is 103 Å². The van der Waals surface area contributed by atoms with E-state index in [1.54, 1.807) is 18.5 Å². The molecule has 1 saturated heterocycles. The molecule has 1 aliphatic heterocycles. The number of fused-ring (bicyclic) bond motifs is 1. The van der Waals surface area contributed by atoms with E-state index in [1.807, 2.05) is 10.6 Å². The predicted octanol–water partition coefficient (Wildman–Crippen LogP) is 1.55. The lowest BCUT2D eigenvalue weighted by Crippen LogP contribution is -2.42. The van der Waals surface area contributed by atoms with Crippen molar-refractivity contribution in [2.45, 2.75) is 32.6 Å². The summed E-state index contributed by atoms with van der Waals surface area (Å²) in [7, 11) is 0. The zero-order valence-corrected chi connectivity index (χ0v) is 14.0. The molecule has 1 aromatic heterocycles. The highest BCUT2D eigenvalue weighted by molar-refractivity contribution is 6.15.